The lowest BCUT2D eigenvalue weighted by Gasteiger charge is -2.30. The molecule has 1 saturated carbocycles. The van der Waals surface area contributed by atoms with Gasteiger partial charge in [-0.05, 0) is 42.9 Å². The van der Waals surface area contributed by atoms with Gasteiger partial charge in [0.05, 0.1) is 0 Å². The fourth-order valence-electron chi connectivity index (χ4n) is 3.03. The average molecular weight is 283 g/mol. The van der Waals surface area contributed by atoms with Crippen LogP contribution >= 0.6 is 0 Å². The molecule has 20 heavy (non-hydrogen) atoms. The molecule has 2 unspecified atom stereocenters. The molecule has 1 aliphatic rings. The van der Waals surface area contributed by atoms with Crippen molar-refractivity contribution in [3.05, 3.63) is 35.4 Å². The average Bonchev–Trinajstić information content (AvgIpc) is 2.48. The fourth-order valence-corrected chi connectivity index (χ4v) is 3.03. The lowest BCUT2D eigenvalue weighted by Crippen LogP contribution is -2.32. The summed E-state index contributed by atoms with van der Waals surface area (Å²) in [6, 6.07) is 6.55. The van der Waals surface area contributed by atoms with Crippen LogP contribution in [0, 0.1) is 11.8 Å². The monoisotopic (exact) mass is 283 g/mol. The van der Waals surface area contributed by atoms with Gasteiger partial charge < -0.3 is 10.4 Å². The second-order valence-electron chi connectivity index (χ2n) is 5.66. The van der Waals surface area contributed by atoms with Crippen molar-refractivity contribution in [2.45, 2.75) is 38.7 Å². The molecule has 0 heterocycles. The lowest BCUT2D eigenvalue weighted by molar-refractivity contribution is 0.133. The molecule has 112 valence electrons. The van der Waals surface area contributed by atoms with Gasteiger partial charge in [0.2, 0.25) is 0 Å². The van der Waals surface area contributed by atoms with Gasteiger partial charge in [-0.2, -0.15) is 0 Å². The highest BCUT2D eigenvalue weighted by atomic mass is 19.3. The second kappa shape index (κ2) is 7.70. The van der Waals surface area contributed by atoms with Crippen LogP contribution in [-0.4, -0.2) is 18.3 Å². The predicted octanol–water partition coefficient (Wildman–Crippen LogP) is 3.51. The second-order valence-corrected chi connectivity index (χ2v) is 5.66. The molecule has 2 nitrogen and oxygen atoms in total. The van der Waals surface area contributed by atoms with Crippen LogP contribution in [0.3, 0.4) is 0 Å². The number of hydrogen-bond acceptors (Lipinski definition) is 2. The molecule has 2 N–H and O–H groups in total. The third kappa shape index (κ3) is 4.25. The zero-order valence-corrected chi connectivity index (χ0v) is 11.7. The number of alkyl halides is 2. The van der Waals surface area contributed by atoms with E-state index in [1.54, 1.807) is 12.1 Å². The Labute approximate surface area is 119 Å². The van der Waals surface area contributed by atoms with Gasteiger partial charge in [-0.3, -0.25) is 0 Å². The van der Waals surface area contributed by atoms with Crippen LogP contribution in [-0.2, 0) is 6.54 Å². The molecule has 1 aromatic rings. The van der Waals surface area contributed by atoms with E-state index in [0.717, 1.165) is 24.9 Å². The molecule has 0 aliphatic heterocycles. The highest BCUT2D eigenvalue weighted by molar-refractivity contribution is 5.24. The van der Waals surface area contributed by atoms with Crippen molar-refractivity contribution in [1.82, 2.24) is 5.32 Å². The van der Waals surface area contributed by atoms with Crippen LogP contribution in [0.1, 0.15) is 43.2 Å². The largest absolute Gasteiger partial charge is 0.396 e. The van der Waals surface area contributed by atoms with Gasteiger partial charge >= 0.3 is 0 Å². The van der Waals surface area contributed by atoms with E-state index in [2.05, 4.69) is 5.32 Å². The Bertz CT molecular complexity index is 411. The minimum absolute atomic E-state index is 0.0789. The van der Waals surface area contributed by atoms with Crippen molar-refractivity contribution in [2.75, 3.05) is 13.2 Å². The molecule has 0 spiro atoms. The summed E-state index contributed by atoms with van der Waals surface area (Å²) < 4.78 is 25.2. The Morgan fingerprint density at radius 3 is 2.65 bits per heavy atom. The first-order chi connectivity index (χ1) is 9.70. The maximum absolute atomic E-state index is 12.6. The van der Waals surface area contributed by atoms with E-state index in [0.29, 0.717) is 18.4 Å². The molecule has 1 aliphatic carbocycles. The predicted molar refractivity (Wildman–Crippen MR) is 75.6 cm³/mol. The van der Waals surface area contributed by atoms with Gasteiger partial charge in [0.25, 0.3) is 6.43 Å². The maximum atomic E-state index is 12.6. The van der Waals surface area contributed by atoms with Gasteiger partial charge in [0.1, 0.15) is 0 Å². The fraction of sp³-hybridized carbons (Fsp3) is 0.625. The van der Waals surface area contributed by atoms with E-state index in [4.69, 9.17) is 0 Å². The molecule has 0 amide bonds. The van der Waals surface area contributed by atoms with Gasteiger partial charge in [0.15, 0.2) is 0 Å². The summed E-state index contributed by atoms with van der Waals surface area (Å²) in [4.78, 5) is 0. The van der Waals surface area contributed by atoms with Crippen molar-refractivity contribution in [3.63, 3.8) is 0 Å². The summed E-state index contributed by atoms with van der Waals surface area (Å²) in [5, 5.41) is 12.7. The molecule has 0 saturated heterocycles. The number of nitrogens with one attached hydrogen (secondary N) is 1. The number of benzene rings is 1. The van der Waals surface area contributed by atoms with E-state index in [9.17, 15) is 13.9 Å². The normalized spacial score (nSPS) is 23.2. The number of hydrogen-bond donors (Lipinski definition) is 2. The molecule has 0 bridgehead atoms. The molecule has 4 heteroatoms. The van der Waals surface area contributed by atoms with E-state index >= 15 is 0 Å². The van der Waals surface area contributed by atoms with Crippen LogP contribution in [0.5, 0.6) is 0 Å². The SMILES string of the molecule is OCC1CCCCC1CNCc1cccc(C(F)F)c1. The Kier molecular flexibility index (Phi) is 5.92. The molecule has 2 atom stereocenters. The summed E-state index contributed by atoms with van der Waals surface area (Å²) >= 11 is 0. The number of halogens is 2. The molecular formula is C16H23F2NO. The number of aliphatic hydroxyl groups is 1. The highest BCUT2D eigenvalue weighted by Crippen LogP contribution is 2.29. The van der Waals surface area contributed by atoms with Crippen LogP contribution in [0.25, 0.3) is 0 Å². The lowest BCUT2D eigenvalue weighted by atomic mass is 9.79. The van der Waals surface area contributed by atoms with Crippen molar-refractivity contribution in [1.29, 1.82) is 0 Å². The summed E-state index contributed by atoms with van der Waals surface area (Å²) in [6.45, 7) is 1.71. The Hall–Kier alpha value is -1.00. The van der Waals surface area contributed by atoms with E-state index in [-0.39, 0.29) is 12.2 Å². The molecule has 1 fully saturated rings. The standard InChI is InChI=1S/C16H23F2NO/c17-16(18)13-7-3-4-12(8-13)9-19-10-14-5-1-2-6-15(14)11-20/h3-4,7-8,14-16,19-20H,1-2,5-6,9-11H2. The van der Waals surface area contributed by atoms with E-state index in [1.807, 2.05) is 6.07 Å². The molecule has 2 rings (SSSR count). The van der Waals surface area contributed by atoms with Crippen molar-refractivity contribution in [3.8, 4) is 0 Å². The summed E-state index contributed by atoms with van der Waals surface area (Å²) in [5.74, 6) is 0.899. The Morgan fingerprint density at radius 1 is 1.20 bits per heavy atom. The maximum Gasteiger partial charge on any atom is 0.263 e. The zero-order chi connectivity index (χ0) is 14.4. The van der Waals surface area contributed by atoms with Crippen LogP contribution in [0.15, 0.2) is 24.3 Å². The summed E-state index contributed by atoms with van der Waals surface area (Å²) in [7, 11) is 0. The minimum Gasteiger partial charge on any atom is -0.396 e. The Balaban J connectivity index is 1.81. The minimum atomic E-state index is -2.41. The highest BCUT2D eigenvalue weighted by Gasteiger charge is 2.23. The first-order valence-corrected chi connectivity index (χ1v) is 7.39. The van der Waals surface area contributed by atoms with E-state index in [1.165, 1.54) is 18.9 Å². The zero-order valence-electron chi connectivity index (χ0n) is 11.7. The number of aliphatic hydroxyl groups excluding tert-OH is 1. The van der Waals surface area contributed by atoms with Crippen LogP contribution in [0.4, 0.5) is 8.78 Å². The van der Waals surface area contributed by atoms with Crippen molar-refractivity contribution in [2.24, 2.45) is 11.8 Å². The van der Waals surface area contributed by atoms with Gasteiger partial charge in [-0.15, -0.1) is 0 Å². The summed E-state index contributed by atoms with van der Waals surface area (Å²) in [6.07, 6.45) is 2.27. The quantitative estimate of drug-likeness (QED) is 0.837. The molecule has 0 radical (unpaired) electrons. The van der Waals surface area contributed by atoms with E-state index < -0.39 is 6.43 Å². The molecule has 1 aromatic carbocycles. The third-order valence-corrected chi connectivity index (χ3v) is 4.24. The van der Waals surface area contributed by atoms with Gasteiger partial charge in [-0.25, -0.2) is 8.78 Å². The van der Waals surface area contributed by atoms with Crippen molar-refractivity contribution < 1.29 is 13.9 Å². The van der Waals surface area contributed by atoms with Gasteiger partial charge in [-0.1, -0.05) is 31.0 Å². The smallest absolute Gasteiger partial charge is 0.263 e. The molecule has 0 aromatic heterocycles. The topological polar surface area (TPSA) is 32.3 Å². The van der Waals surface area contributed by atoms with Gasteiger partial charge in [0, 0.05) is 18.7 Å². The van der Waals surface area contributed by atoms with Crippen LogP contribution < -0.4 is 5.32 Å². The first kappa shape index (κ1) is 15.4. The first-order valence-electron chi connectivity index (χ1n) is 7.39. The van der Waals surface area contributed by atoms with Crippen molar-refractivity contribution >= 4 is 0 Å². The molecular weight excluding hydrogens is 260 g/mol. The number of rotatable bonds is 6. The Morgan fingerprint density at radius 2 is 1.95 bits per heavy atom. The summed E-state index contributed by atoms with van der Waals surface area (Å²) in [5.41, 5.74) is 0.967. The third-order valence-electron chi connectivity index (χ3n) is 4.24. The van der Waals surface area contributed by atoms with Crippen LogP contribution in [0.2, 0.25) is 0 Å².